The number of H-pyrrole nitrogens is 1. The molecule has 2 aliphatic heterocycles. The fourth-order valence-electron chi connectivity index (χ4n) is 8.23. The maximum atomic E-state index is 13.9. The normalized spacial score (nSPS) is 18.3. The number of benzene rings is 3. The number of aryl methyl sites for hydroxylation is 1. The number of nitrogens with zero attached hydrogens (tertiary/aromatic N) is 3. The Kier molecular flexibility index (Phi) is 19.6. The highest BCUT2D eigenvalue weighted by molar-refractivity contribution is 7.13. The first kappa shape index (κ1) is 55.8. The molecule has 400 valence electrons. The Labute approximate surface area is 430 Å². The van der Waals surface area contributed by atoms with E-state index in [1.165, 1.54) is 9.96 Å². The van der Waals surface area contributed by atoms with E-state index in [1.54, 1.807) is 35.6 Å². The molecule has 1 unspecified atom stereocenters. The predicted octanol–water partition coefficient (Wildman–Crippen LogP) is 3.99. The summed E-state index contributed by atoms with van der Waals surface area (Å²) in [5, 5.41) is 31.6. The topological polar surface area (TPSA) is 247 Å². The molecule has 2 aromatic heterocycles. The molecule has 4 amide bonds. The van der Waals surface area contributed by atoms with Gasteiger partial charge >= 0.3 is 0 Å². The maximum Gasteiger partial charge on any atom is 0.282 e. The molecule has 7 N–H and O–H groups in total. The lowest BCUT2D eigenvalue weighted by Gasteiger charge is -2.34. The molecule has 2 fully saturated rings. The summed E-state index contributed by atoms with van der Waals surface area (Å²) in [5.41, 5.74) is 8.64. The summed E-state index contributed by atoms with van der Waals surface area (Å²) in [7, 11) is 0. The number of fused-ring (bicyclic) bond motifs is 1. The van der Waals surface area contributed by atoms with Crippen LogP contribution in [0.4, 0.5) is 14.5 Å². The van der Waals surface area contributed by atoms with E-state index in [0.717, 1.165) is 39.9 Å². The van der Waals surface area contributed by atoms with Gasteiger partial charge in [0.1, 0.15) is 29.4 Å². The molecule has 0 radical (unpaired) electrons. The van der Waals surface area contributed by atoms with E-state index in [1.807, 2.05) is 57.5 Å². The van der Waals surface area contributed by atoms with Gasteiger partial charge in [-0.05, 0) is 65.4 Å². The minimum absolute atomic E-state index is 0.0209. The summed E-state index contributed by atoms with van der Waals surface area (Å²) < 4.78 is 49.3. The van der Waals surface area contributed by atoms with Gasteiger partial charge in [0.25, 0.3) is 17.6 Å². The van der Waals surface area contributed by atoms with Gasteiger partial charge in [0, 0.05) is 56.0 Å². The van der Waals surface area contributed by atoms with Gasteiger partial charge in [-0.3, -0.25) is 29.1 Å². The molecule has 74 heavy (non-hydrogen) atoms. The van der Waals surface area contributed by atoms with Crippen LogP contribution in [0.2, 0.25) is 0 Å². The Hall–Kier alpha value is -5.99. The number of hydrogen-bond acceptors (Lipinski definition) is 16. The molecular formula is C51H64F2N8O12S. The van der Waals surface area contributed by atoms with Gasteiger partial charge in [-0.1, -0.05) is 45.0 Å². The van der Waals surface area contributed by atoms with Gasteiger partial charge in [0.05, 0.1) is 80.7 Å². The Morgan fingerprint density at radius 2 is 1.55 bits per heavy atom. The van der Waals surface area contributed by atoms with Crippen molar-refractivity contribution in [3.05, 3.63) is 106 Å². The van der Waals surface area contributed by atoms with Crippen LogP contribution in [0.1, 0.15) is 60.9 Å². The standard InChI is InChI=1S/C51H64F2N8O12S/c1-32-44(74-30-57-32)35-7-5-33(6-8-35)27-55-47(64)43-26-40(62)29-60(43)48(65)45(50(2,3)4)59-72-31-71-20-19-70-18-17-69-16-15-68-14-12-54-46(63)42-24-36-23-39(9-10-41(36)58-42)61-13-11-51(67,73-61)49(66)56-28-34-21-37(52)25-38(53)22-34/h5-10,21-25,30,40,43,45,58-59,62,67H,11-20,26-29,31H2,1-4H3,(H,54,63)(H,55,64)(H,56,66)/t40-,43+,45-,51?/m1/s1. The highest BCUT2D eigenvalue weighted by atomic mass is 32.1. The molecule has 4 heterocycles. The van der Waals surface area contributed by atoms with Crippen molar-refractivity contribution in [2.75, 3.05) is 77.7 Å². The zero-order valence-corrected chi connectivity index (χ0v) is 42.6. The molecule has 0 aliphatic carbocycles. The third-order valence-corrected chi connectivity index (χ3v) is 13.2. The number of nitrogens with one attached hydrogen (secondary N) is 5. The van der Waals surface area contributed by atoms with E-state index in [9.17, 15) is 38.2 Å². The minimum atomic E-state index is -2.19. The van der Waals surface area contributed by atoms with Crippen LogP contribution in [0.15, 0.2) is 72.2 Å². The van der Waals surface area contributed by atoms with E-state index < -0.39 is 46.9 Å². The van der Waals surface area contributed by atoms with Crippen LogP contribution in [0.5, 0.6) is 0 Å². The molecule has 0 spiro atoms. The SMILES string of the molecule is Cc1ncsc1-c1ccc(CNC(=O)[C@@H]2C[C@@H](O)CN2C(=O)[C@@H](NOCOCCOCCOCCOCCNC(=O)c2cc3cc(N4CCC(O)(C(=O)NCc5cc(F)cc(F)c5)O4)ccc3[nH]2)C(C)(C)C)cc1. The summed E-state index contributed by atoms with van der Waals surface area (Å²) >= 11 is 1.57. The quantitative estimate of drug-likeness (QED) is 0.0235. The summed E-state index contributed by atoms with van der Waals surface area (Å²) in [6.45, 7) is 9.89. The van der Waals surface area contributed by atoms with Crippen molar-refractivity contribution in [3.63, 3.8) is 0 Å². The molecule has 5 aromatic rings. The first-order valence-corrected chi connectivity index (χ1v) is 25.1. The number of aromatic nitrogens is 2. The molecule has 2 saturated heterocycles. The lowest BCUT2D eigenvalue weighted by molar-refractivity contribution is -0.193. The maximum absolute atomic E-state index is 13.9. The number of carbonyl (C=O) groups excluding carboxylic acids is 4. The molecule has 23 heteroatoms. The molecular weight excluding hydrogens is 987 g/mol. The van der Waals surface area contributed by atoms with Gasteiger partial charge in [0.2, 0.25) is 11.8 Å². The van der Waals surface area contributed by atoms with Crippen molar-refractivity contribution in [1.82, 2.24) is 36.3 Å². The second-order valence-electron chi connectivity index (χ2n) is 18.9. The smallest absolute Gasteiger partial charge is 0.282 e. The van der Waals surface area contributed by atoms with E-state index in [2.05, 4.69) is 31.4 Å². The van der Waals surface area contributed by atoms with Crippen molar-refractivity contribution in [2.24, 2.45) is 5.41 Å². The average molecular weight is 1050 g/mol. The molecule has 0 bridgehead atoms. The highest BCUT2D eigenvalue weighted by Crippen LogP contribution is 2.32. The predicted molar refractivity (Wildman–Crippen MR) is 268 cm³/mol. The van der Waals surface area contributed by atoms with Crippen molar-refractivity contribution < 1.29 is 66.8 Å². The first-order valence-electron chi connectivity index (χ1n) is 24.2. The number of thiazole rings is 1. The van der Waals surface area contributed by atoms with Gasteiger partial charge in [-0.25, -0.2) is 18.6 Å². The number of β-amino-alcohol motifs (C(OH)–C–C–N with tert-alkyl or cyclic N) is 1. The summed E-state index contributed by atoms with van der Waals surface area (Å²) in [6.07, 6.45) is -0.784. The van der Waals surface area contributed by atoms with E-state index in [0.29, 0.717) is 48.7 Å². The number of aliphatic hydroxyl groups excluding tert-OH is 1. The highest BCUT2D eigenvalue weighted by Gasteiger charge is 2.46. The van der Waals surface area contributed by atoms with Gasteiger partial charge < -0.3 is 55.0 Å². The summed E-state index contributed by atoms with van der Waals surface area (Å²) in [5.74, 6) is -5.68. The zero-order valence-electron chi connectivity index (χ0n) is 41.7. The lowest BCUT2D eigenvalue weighted by Crippen LogP contribution is -2.56. The second-order valence-corrected chi connectivity index (χ2v) is 19.8. The molecule has 2 aliphatic rings. The molecule has 0 saturated carbocycles. The number of halogens is 2. The third-order valence-electron chi connectivity index (χ3n) is 12.2. The number of ether oxygens (including phenoxy) is 4. The van der Waals surface area contributed by atoms with Crippen LogP contribution in [-0.4, -0.2) is 145 Å². The van der Waals surface area contributed by atoms with Crippen LogP contribution < -0.4 is 26.5 Å². The zero-order chi connectivity index (χ0) is 52.8. The molecule has 3 aromatic carbocycles. The number of carbonyl (C=O) groups is 4. The number of aromatic amines is 1. The first-order chi connectivity index (χ1) is 35.5. The van der Waals surface area contributed by atoms with E-state index in [-0.39, 0.29) is 95.5 Å². The monoisotopic (exact) mass is 1050 g/mol. The average Bonchev–Trinajstić information content (AvgIpc) is 4.19. The Balaban J connectivity index is 0.706. The molecule has 4 atom stereocenters. The number of aliphatic hydroxyl groups is 2. The van der Waals surface area contributed by atoms with Crippen molar-refractivity contribution >= 4 is 51.6 Å². The third kappa shape index (κ3) is 15.3. The van der Waals surface area contributed by atoms with Crippen LogP contribution in [0.3, 0.4) is 0 Å². The van der Waals surface area contributed by atoms with Crippen molar-refractivity contribution in [3.8, 4) is 10.4 Å². The summed E-state index contributed by atoms with van der Waals surface area (Å²) in [4.78, 5) is 73.9. The Morgan fingerprint density at radius 3 is 2.23 bits per heavy atom. The lowest BCUT2D eigenvalue weighted by atomic mass is 9.86. The fraction of sp³-hybridized carbons (Fsp3) is 0.471. The van der Waals surface area contributed by atoms with Crippen LogP contribution >= 0.6 is 11.3 Å². The van der Waals surface area contributed by atoms with Gasteiger partial charge in [0.15, 0.2) is 6.79 Å². The van der Waals surface area contributed by atoms with E-state index in [4.69, 9.17) is 28.6 Å². The number of amides is 4. The van der Waals surface area contributed by atoms with Crippen molar-refractivity contribution in [1.29, 1.82) is 0 Å². The van der Waals surface area contributed by atoms with Crippen LogP contribution in [0, 0.1) is 24.0 Å². The second kappa shape index (κ2) is 26.0. The minimum Gasteiger partial charge on any atom is -0.391 e. The molecule has 20 nitrogen and oxygen atoms in total. The number of hydroxylamine groups is 2. The van der Waals surface area contributed by atoms with E-state index >= 15 is 0 Å². The fourth-order valence-corrected chi connectivity index (χ4v) is 9.04. The summed E-state index contributed by atoms with van der Waals surface area (Å²) in [6, 6.07) is 15.9. The van der Waals surface area contributed by atoms with Crippen LogP contribution in [0.25, 0.3) is 21.3 Å². The number of anilines is 1. The van der Waals surface area contributed by atoms with Gasteiger partial charge in [-0.2, -0.15) is 5.48 Å². The van der Waals surface area contributed by atoms with Crippen molar-refractivity contribution in [2.45, 2.75) is 77.6 Å². The number of hydrogen-bond donors (Lipinski definition) is 7. The number of rotatable bonds is 26. The largest absolute Gasteiger partial charge is 0.391 e. The number of likely N-dealkylation sites (tertiary alicyclic amines) is 1. The van der Waals surface area contributed by atoms with Crippen LogP contribution in [-0.2, 0) is 56.1 Å². The van der Waals surface area contributed by atoms with Gasteiger partial charge in [-0.15, -0.1) is 11.3 Å². The Morgan fingerprint density at radius 1 is 0.878 bits per heavy atom. The molecule has 7 rings (SSSR count). The Bertz CT molecular complexity index is 2670.